The summed E-state index contributed by atoms with van der Waals surface area (Å²) in [6.45, 7) is 3.81. The Morgan fingerprint density at radius 1 is 0.800 bits per heavy atom. The fraction of sp³-hybridized carbons (Fsp3) is 0.208. The Bertz CT molecular complexity index is 985. The maximum absolute atomic E-state index is 12.5. The molecule has 0 fully saturated rings. The van der Waals surface area contributed by atoms with Gasteiger partial charge in [0.25, 0.3) is 0 Å². The van der Waals surface area contributed by atoms with Crippen molar-refractivity contribution in [2.24, 2.45) is 0 Å². The summed E-state index contributed by atoms with van der Waals surface area (Å²) in [6.07, 6.45) is 0. The van der Waals surface area contributed by atoms with Crippen LogP contribution in [-0.4, -0.2) is 26.2 Å². The zero-order valence-corrected chi connectivity index (χ0v) is 17.6. The molecule has 3 aromatic carbocycles. The highest BCUT2D eigenvalue weighted by atomic mass is 16.5. The second kappa shape index (κ2) is 9.69. The molecule has 0 aliphatic rings. The maximum Gasteiger partial charge on any atom is 0.246 e. The number of amides is 1. The van der Waals surface area contributed by atoms with Gasteiger partial charge in [-0.3, -0.25) is 4.79 Å². The van der Waals surface area contributed by atoms with Gasteiger partial charge >= 0.3 is 0 Å². The van der Waals surface area contributed by atoms with Crippen LogP contribution in [0.4, 0.5) is 11.4 Å². The number of rotatable bonds is 8. The molecule has 3 rings (SSSR count). The van der Waals surface area contributed by atoms with Crippen molar-refractivity contribution in [3.8, 4) is 23.0 Å². The molecule has 0 aliphatic heterocycles. The first-order valence-corrected chi connectivity index (χ1v) is 9.62. The van der Waals surface area contributed by atoms with Crippen molar-refractivity contribution >= 4 is 17.3 Å². The van der Waals surface area contributed by atoms with Gasteiger partial charge in [0, 0.05) is 17.4 Å². The Kier molecular flexibility index (Phi) is 6.80. The highest BCUT2D eigenvalue weighted by molar-refractivity contribution is 5.96. The highest BCUT2D eigenvalue weighted by Crippen LogP contribution is 2.34. The smallest absolute Gasteiger partial charge is 0.246 e. The van der Waals surface area contributed by atoms with E-state index < -0.39 is 6.04 Å². The van der Waals surface area contributed by atoms with Crippen molar-refractivity contribution in [1.29, 1.82) is 0 Å². The number of anilines is 2. The molecular weight excluding hydrogens is 380 g/mol. The van der Waals surface area contributed by atoms with E-state index >= 15 is 0 Å². The van der Waals surface area contributed by atoms with E-state index in [0.29, 0.717) is 17.2 Å². The van der Waals surface area contributed by atoms with Gasteiger partial charge in [0.2, 0.25) is 5.91 Å². The highest BCUT2D eigenvalue weighted by Gasteiger charge is 2.15. The molecule has 0 bridgehead atoms. The normalized spacial score (nSPS) is 11.3. The van der Waals surface area contributed by atoms with Crippen LogP contribution >= 0.6 is 0 Å². The van der Waals surface area contributed by atoms with Crippen molar-refractivity contribution in [3.63, 3.8) is 0 Å². The summed E-state index contributed by atoms with van der Waals surface area (Å²) >= 11 is 0. The van der Waals surface area contributed by atoms with Crippen LogP contribution in [0.25, 0.3) is 0 Å². The Labute approximate surface area is 176 Å². The first-order chi connectivity index (χ1) is 14.5. The van der Waals surface area contributed by atoms with Gasteiger partial charge in [0.05, 0.1) is 14.2 Å². The maximum atomic E-state index is 12.5. The second-order valence-corrected chi connectivity index (χ2v) is 6.86. The Balaban J connectivity index is 1.69. The molecular formula is C24H26N2O4. The molecule has 2 N–H and O–H groups in total. The summed E-state index contributed by atoms with van der Waals surface area (Å²) in [4.78, 5) is 12.5. The number of carbonyl (C=O) groups is 1. The first-order valence-electron chi connectivity index (χ1n) is 9.62. The van der Waals surface area contributed by atoms with Crippen LogP contribution in [0.2, 0.25) is 0 Å². The SMILES string of the molecule is COc1ccc(Oc2cc(NC(C)C(=O)Nc3ccc(C)cc3)ccc2OC)cc1. The average molecular weight is 406 g/mol. The van der Waals surface area contributed by atoms with Gasteiger partial charge in [0.15, 0.2) is 11.5 Å². The second-order valence-electron chi connectivity index (χ2n) is 6.86. The fourth-order valence-electron chi connectivity index (χ4n) is 2.82. The average Bonchev–Trinajstić information content (AvgIpc) is 2.76. The Hall–Kier alpha value is -3.67. The zero-order valence-electron chi connectivity index (χ0n) is 17.6. The van der Waals surface area contributed by atoms with E-state index in [0.717, 1.165) is 22.7 Å². The topological polar surface area (TPSA) is 68.8 Å². The van der Waals surface area contributed by atoms with Crippen molar-refractivity contribution in [3.05, 3.63) is 72.3 Å². The molecule has 0 saturated carbocycles. The third-order valence-electron chi connectivity index (χ3n) is 4.55. The molecule has 0 saturated heterocycles. The van der Waals surface area contributed by atoms with E-state index in [1.807, 2.05) is 61.5 Å². The molecule has 0 aromatic heterocycles. The summed E-state index contributed by atoms with van der Waals surface area (Å²) in [5, 5.41) is 6.11. The summed E-state index contributed by atoms with van der Waals surface area (Å²) in [7, 11) is 3.20. The van der Waals surface area contributed by atoms with Crippen molar-refractivity contribution in [2.75, 3.05) is 24.9 Å². The minimum absolute atomic E-state index is 0.132. The van der Waals surface area contributed by atoms with E-state index in [2.05, 4.69) is 10.6 Å². The van der Waals surface area contributed by atoms with Crippen LogP contribution in [0.3, 0.4) is 0 Å². The quantitative estimate of drug-likeness (QED) is 0.535. The molecule has 6 heteroatoms. The van der Waals surface area contributed by atoms with Crippen molar-refractivity contribution in [1.82, 2.24) is 0 Å². The summed E-state index contributed by atoms with van der Waals surface area (Å²) < 4.78 is 16.5. The molecule has 0 radical (unpaired) electrons. The lowest BCUT2D eigenvalue weighted by atomic mass is 10.2. The minimum atomic E-state index is -0.450. The molecule has 0 spiro atoms. The van der Waals surface area contributed by atoms with Crippen molar-refractivity contribution < 1.29 is 19.0 Å². The zero-order chi connectivity index (χ0) is 21.5. The number of carbonyl (C=O) groups excluding carboxylic acids is 1. The molecule has 0 heterocycles. The predicted octanol–water partition coefficient (Wildman–Crippen LogP) is 5.24. The number of benzene rings is 3. The van der Waals surface area contributed by atoms with Crippen LogP contribution in [0.1, 0.15) is 12.5 Å². The van der Waals surface area contributed by atoms with Gasteiger partial charge < -0.3 is 24.8 Å². The summed E-state index contributed by atoms with van der Waals surface area (Å²) in [5.41, 5.74) is 2.64. The molecule has 0 aliphatic carbocycles. The van der Waals surface area contributed by atoms with Gasteiger partial charge in [-0.25, -0.2) is 0 Å². The fourth-order valence-corrected chi connectivity index (χ4v) is 2.82. The Morgan fingerprint density at radius 2 is 1.43 bits per heavy atom. The number of ether oxygens (including phenoxy) is 3. The third-order valence-corrected chi connectivity index (χ3v) is 4.55. The van der Waals surface area contributed by atoms with Gasteiger partial charge in [-0.2, -0.15) is 0 Å². The largest absolute Gasteiger partial charge is 0.497 e. The molecule has 1 unspecified atom stereocenters. The van der Waals surface area contributed by atoms with Crippen LogP contribution in [0, 0.1) is 6.92 Å². The van der Waals surface area contributed by atoms with Gasteiger partial charge in [-0.05, 0) is 62.4 Å². The van der Waals surface area contributed by atoms with Gasteiger partial charge in [-0.1, -0.05) is 17.7 Å². The van der Waals surface area contributed by atoms with E-state index in [1.165, 1.54) is 0 Å². The van der Waals surface area contributed by atoms with Crippen LogP contribution in [0.15, 0.2) is 66.7 Å². The van der Waals surface area contributed by atoms with Crippen LogP contribution < -0.4 is 24.8 Å². The number of hydrogen-bond donors (Lipinski definition) is 2. The van der Waals surface area contributed by atoms with Crippen LogP contribution in [-0.2, 0) is 4.79 Å². The molecule has 30 heavy (non-hydrogen) atoms. The predicted molar refractivity (Wildman–Crippen MR) is 119 cm³/mol. The van der Waals surface area contributed by atoms with Crippen molar-refractivity contribution in [2.45, 2.75) is 19.9 Å². The lowest BCUT2D eigenvalue weighted by Gasteiger charge is -2.17. The number of nitrogens with one attached hydrogen (secondary N) is 2. The summed E-state index contributed by atoms with van der Waals surface area (Å²) in [6, 6.07) is 19.9. The minimum Gasteiger partial charge on any atom is -0.497 e. The monoisotopic (exact) mass is 406 g/mol. The standard InChI is InChI=1S/C24H26N2O4/c1-16-5-7-18(8-6-16)26-24(27)17(2)25-19-9-14-22(29-4)23(15-19)30-21-12-10-20(28-3)11-13-21/h5-15,17,25H,1-4H3,(H,26,27). The molecule has 1 amide bonds. The lowest BCUT2D eigenvalue weighted by Crippen LogP contribution is -2.31. The molecule has 6 nitrogen and oxygen atoms in total. The van der Waals surface area contributed by atoms with E-state index in [1.54, 1.807) is 33.3 Å². The molecule has 1 atom stereocenters. The Morgan fingerprint density at radius 3 is 2.07 bits per heavy atom. The number of hydrogen-bond acceptors (Lipinski definition) is 5. The van der Waals surface area contributed by atoms with Gasteiger partial charge in [0.1, 0.15) is 17.5 Å². The lowest BCUT2D eigenvalue weighted by molar-refractivity contribution is -0.116. The third kappa shape index (κ3) is 5.44. The molecule has 3 aromatic rings. The summed E-state index contributed by atoms with van der Waals surface area (Å²) in [5.74, 6) is 2.40. The number of methoxy groups -OCH3 is 2. The van der Waals surface area contributed by atoms with E-state index in [-0.39, 0.29) is 5.91 Å². The van der Waals surface area contributed by atoms with E-state index in [9.17, 15) is 4.79 Å². The molecule has 156 valence electrons. The van der Waals surface area contributed by atoms with Gasteiger partial charge in [-0.15, -0.1) is 0 Å². The van der Waals surface area contributed by atoms with Crippen LogP contribution in [0.5, 0.6) is 23.0 Å². The number of aryl methyl sites for hydroxylation is 1. The first kappa shape index (κ1) is 21.0. The van der Waals surface area contributed by atoms with E-state index in [4.69, 9.17) is 14.2 Å².